The average Bonchev–Trinajstić information content (AvgIpc) is 2.73. The van der Waals surface area contributed by atoms with E-state index in [-0.39, 0.29) is 21.7 Å². The van der Waals surface area contributed by atoms with Crippen LogP contribution in [0.25, 0.3) is 0 Å². The molecule has 2 aromatic carbocycles. The van der Waals surface area contributed by atoms with E-state index in [2.05, 4.69) is 121 Å². The summed E-state index contributed by atoms with van der Waals surface area (Å²) in [5.41, 5.74) is 5.80. The molecule has 0 spiro atoms. The fourth-order valence-corrected chi connectivity index (χ4v) is 10.8. The first-order chi connectivity index (χ1) is 16.6. The molecule has 0 radical (unpaired) electrons. The van der Waals surface area contributed by atoms with Gasteiger partial charge in [0, 0.05) is 0 Å². The van der Waals surface area contributed by atoms with Gasteiger partial charge in [0.05, 0.1) is 14.2 Å². The Labute approximate surface area is 233 Å². The quantitative estimate of drug-likeness (QED) is 0.356. The predicted octanol–water partition coefficient (Wildman–Crippen LogP) is 8.16. The first-order valence-corrected chi connectivity index (χ1v) is 16.1. The molecule has 0 bridgehead atoms. The highest BCUT2D eigenvalue weighted by Crippen LogP contribution is 2.36. The molecule has 2 aromatic rings. The Hall–Kier alpha value is -1.43. The number of ether oxygens (including phenoxy) is 2. The summed E-state index contributed by atoms with van der Waals surface area (Å²) in [5, 5.41) is 1.22. The molecule has 0 N–H and O–H groups in total. The van der Waals surface area contributed by atoms with E-state index in [4.69, 9.17) is 9.47 Å². The van der Waals surface area contributed by atoms with E-state index in [0.29, 0.717) is 5.92 Å². The first kappa shape index (κ1) is 31.8. The maximum Gasteiger partial charge on any atom is 0.347 e. The van der Waals surface area contributed by atoms with E-state index in [0.717, 1.165) is 11.5 Å². The zero-order valence-electron chi connectivity index (χ0n) is 27.0. The highest BCUT2D eigenvalue weighted by Gasteiger charge is 2.40. The molecule has 2 nitrogen and oxygen atoms in total. The van der Waals surface area contributed by atoms with Gasteiger partial charge in [0.25, 0.3) is 0 Å². The molecule has 0 unspecified atom stereocenters. The first-order valence-electron chi connectivity index (χ1n) is 14.1. The van der Waals surface area contributed by atoms with Crippen LogP contribution in [-0.4, -0.2) is 28.4 Å². The van der Waals surface area contributed by atoms with Crippen molar-refractivity contribution in [1.29, 1.82) is 0 Å². The Morgan fingerprint density at radius 2 is 0.784 bits per heavy atom. The molecule has 0 amide bonds. The summed E-state index contributed by atoms with van der Waals surface area (Å²) in [7, 11) is 3.60. The van der Waals surface area contributed by atoms with Gasteiger partial charge in [-0.2, -0.15) is 0 Å². The van der Waals surface area contributed by atoms with Gasteiger partial charge < -0.3 is 9.47 Å². The third-order valence-corrected chi connectivity index (χ3v) is 11.5. The second-order valence-corrected chi connectivity index (χ2v) is 18.2. The van der Waals surface area contributed by atoms with Gasteiger partial charge in [-0.1, -0.05) is 139 Å². The largest absolute Gasteiger partial charge is 0.497 e. The summed E-state index contributed by atoms with van der Waals surface area (Å²) in [4.78, 5) is 0. The third-order valence-electron chi connectivity index (χ3n) is 7.41. The van der Waals surface area contributed by atoms with Crippen molar-refractivity contribution in [2.24, 2.45) is 5.92 Å². The van der Waals surface area contributed by atoms with Crippen molar-refractivity contribution in [3.8, 4) is 11.5 Å². The fraction of sp³-hybridized carbons (Fsp3) is 0.647. The van der Waals surface area contributed by atoms with Gasteiger partial charge in [-0.05, 0) is 45.9 Å². The van der Waals surface area contributed by atoms with Gasteiger partial charge in [-0.25, -0.2) is 0 Å². The Kier molecular flexibility index (Phi) is 9.43. The molecule has 0 aliphatic rings. The van der Waals surface area contributed by atoms with E-state index < -0.39 is 14.1 Å². The van der Waals surface area contributed by atoms with Crippen LogP contribution in [0.3, 0.4) is 0 Å². The van der Waals surface area contributed by atoms with E-state index >= 15 is 0 Å². The molecule has 0 aliphatic heterocycles. The Balaban J connectivity index is 3.27. The van der Waals surface area contributed by atoms with Gasteiger partial charge in [0.1, 0.15) is 11.5 Å². The number of methoxy groups -OCH3 is 2. The molecule has 2 rings (SSSR count). The van der Waals surface area contributed by atoms with Gasteiger partial charge in [-0.3, -0.25) is 0 Å². The highest BCUT2D eigenvalue weighted by atomic mass is 27.2. The average molecular weight is 523 g/mol. The minimum Gasteiger partial charge on any atom is -0.497 e. The minimum absolute atomic E-state index is 0.00235. The van der Waals surface area contributed by atoms with E-state index in [1.165, 1.54) is 27.5 Å². The lowest BCUT2D eigenvalue weighted by atomic mass is 9.80. The number of hydrogen-bond acceptors (Lipinski definition) is 2. The molecule has 0 saturated carbocycles. The van der Waals surface area contributed by atoms with Crippen molar-refractivity contribution in [1.82, 2.24) is 0 Å². The summed E-state index contributed by atoms with van der Waals surface area (Å²) in [6, 6.07) is 9.34. The van der Waals surface area contributed by atoms with E-state index in [9.17, 15) is 0 Å². The SMILES string of the molecule is COc1cc(C(C)(C)C)[c]([Al]([CH2]C(C)C)[c]2c(C(C)(C)C)cc(OC)cc2C(C)(C)C)c(C(C)(C)C)c1. The topological polar surface area (TPSA) is 18.5 Å². The van der Waals surface area contributed by atoms with Crippen molar-refractivity contribution >= 4 is 23.0 Å². The van der Waals surface area contributed by atoms with Crippen molar-refractivity contribution in [2.75, 3.05) is 14.2 Å². The van der Waals surface area contributed by atoms with Crippen LogP contribution in [0.1, 0.15) is 119 Å². The normalized spacial score (nSPS) is 13.2. The predicted molar refractivity (Wildman–Crippen MR) is 165 cm³/mol. The molecule has 0 heterocycles. The summed E-state index contributed by atoms with van der Waals surface area (Å²) in [5.74, 6) is 2.54. The molecule has 0 aliphatic carbocycles. The lowest BCUT2D eigenvalue weighted by Crippen LogP contribution is -2.54. The second kappa shape index (κ2) is 11.0. The number of hydrogen-bond donors (Lipinski definition) is 0. The van der Waals surface area contributed by atoms with Crippen molar-refractivity contribution in [3.63, 3.8) is 0 Å². The van der Waals surface area contributed by atoms with Crippen molar-refractivity contribution in [2.45, 2.75) is 124 Å². The number of rotatable bonds is 6. The smallest absolute Gasteiger partial charge is 0.347 e. The zero-order valence-corrected chi connectivity index (χ0v) is 28.1. The lowest BCUT2D eigenvalue weighted by molar-refractivity contribution is 0.410. The molecule has 37 heavy (non-hydrogen) atoms. The minimum atomic E-state index is -1.74. The van der Waals surface area contributed by atoms with Crippen LogP contribution in [0.5, 0.6) is 11.5 Å². The Morgan fingerprint density at radius 1 is 0.541 bits per heavy atom. The number of benzene rings is 2. The maximum atomic E-state index is 5.89. The van der Waals surface area contributed by atoms with Crippen LogP contribution in [0, 0.1) is 5.92 Å². The van der Waals surface area contributed by atoms with Gasteiger partial charge in [0.2, 0.25) is 0 Å². The molecular weight excluding hydrogens is 467 g/mol. The highest BCUT2D eigenvalue weighted by molar-refractivity contribution is 6.86. The van der Waals surface area contributed by atoms with Crippen LogP contribution in [0.4, 0.5) is 0 Å². The second-order valence-electron chi connectivity index (χ2n) is 15.5. The standard InChI is InChI=1S/2C15H23O.C4H9.Al/c2*1-14(2,3)11-8-12(15(4,5)6)10-13(9-11)16-7;1-4(2)3;/h2*9-10H,1-7H3;4H,1H2,2-3H3;. The summed E-state index contributed by atoms with van der Waals surface area (Å²) in [6.45, 7) is 33.1. The van der Waals surface area contributed by atoms with E-state index in [1.54, 1.807) is 23.1 Å². The van der Waals surface area contributed by atoms with Crippen molar-refractivity contribution < 1.29 is 9.47 Å². The maximum absolute atomic E-state index is 5.89. The van der Waals surface area contributed by atoms with Crippen LogP contribution < -0.4 is 18.3 Å². The molecule has 0 atom stereocenters. The summed E-state index contributed by atoms with van der Waals surface area (Å²) >= 11 is -1.74. The van der Waals surface area contributed by atoms with Gasteiger partial charge in [0.15, 0.2) is 0 Å². The van der Waals surface area contributed by atoms with Crippen LogP contribution in [-0.2, 0) is 21.7 Å². The Bertz CT molecular complexity index is 929. The van der Waals surface area contributed by atoms with Crippen LogP contribution in [0.2, 0.25) is 5.28 Å². The molecule has 3 heteroatoms. The fourth-order valence-electron chi connectivity index (χ4n) is 5.57. The monoisotopic (exact) mass is 522 g/mol. The molecule has 0 fully saturated rings. The lowest BCUT2D eigenvalue weighted by Gasteiger charge is -2.38. The van der Waals surface area contributed by atoms with Crippen LogP contribution in [0.15, 0.2) is 24.3 Å². The molecule has 0 saturated heterocycles. The third kappa shape index (κ3) is 7.36. The zero-order chi connectivity index (χ0) is 28.7. The van der Waals surface area contributed by atoms with E-state index in [1.807, 2.05) is 0 Å². The summed E-state index contributed by atoms with van der Waals surface area (Å²) < 4.78 is 15.0. The van der Waals surface area contributed by atoms with Crippen molar-refractivity contribution in [3.05, 3.63) is 46.5 Å². The van der Waals surface area contributed by atoms with Crippen LogP contribution >= 0.6 is 0 Å². The summed E-state index contributed by atoms with van der Waals surface area (Å²) in [6.07, 6.45) is 0. The molecule has 206 valence electrons. The molecule has 0 aromatic heterocycles. The Morgan fingerprint density at radius 3 is 0.946 bits per heavy atom. The van der Waals surface area contributed by atoms with Gasteiger partial charge in [-0.15, -0.1) is 0 Å². The molecular formula is C34H55AlO2. The van der Waals surface area contributed by atoms with Gasteiger partial charge >= 0.3 is 14.1 Å².